The minimum absolute atomic E-state index is 0.000762. The molecule has 0 saturated heterocycles. The van der Waals surface area contributed by atoms with Gasteiger partial charge in [0.05, 0.1) is 4.92 Å². The summed E-state index contributed by atoms with van der Waals surface area (Å²) in [6.07, 6.45) is 3.65. The smallest absolute Gasteiger partial charge is 0.332 e. The van der Waals surface area contributed by atoms with Crippen molar-refractivity contribution in [3.05, 3.63) is 15.8 Å². The molecular formula is C12H19N5O2. The van der Waals surface area contributed by atoms with Gasteiger partial charge in [-0.05, 0) is 25.7 Å². The van der Waals surface area contributed by atoms with E-state index in [-0.39, 0.29) is 5.69 Å². The van der Waals surface area contributed by atoms with Gasteiger partial charge in [0.25, 0.3) is 0 Å². The molecule has 1 aromatic rings. The highest BCUT2D eigenvalue weighted by atomic mass is 16.6. The van der Waals surface area contributed by atoms with Crippen LogP contribution in [-0.2, 0) is 0 Å². The molecule has 1 aliphatic rings. The third-order valence-corrected chi connectivity index (χ3v) is 3.56. The summed E-state index contributed by atoms with van der Waals surface area (Å²) < 4.78 is 0. The van der Waals surface area contributed by atoms with E-state index in [1.165, 1.54) is 19.3 Å². The maximum absolute atomic E-state index is 11.2. The second-order valence-corrected chi connectivity index (χ2v) is 4.99. The molecule has 0 radical (unpaired) electrons. The Labute approximate surface area is 112 Å². The molecule has 0 spiro atoms. The lowest BCUT2D eigenvalue weighted by Gasteiger charge is -2.30. The first-order valence-corrected chi connectivity index (χ1v) is 6.44. The molecule has 1 saturated carbocycles. The lowest BCUT2D eigenvalue weighted by molar-refractivity contribution is -0.385. The first-order chi connectivity index (χ1) is 9.02. The molecule has 2 rings (SSSR count). The Kier molecular flexibility index (Phi) is 3.82. The van der Waals surface area contributed by atoms with Crippen molar-refractivity contribution in [1.82, 2.24) is 9.97 Å². The van der Waals surface area contributed by atoms with E-state index >= 15 is 0 Å². The topological polar surface area (TPSA) is 84.2 Å². The van der Waals surface area contributed by atoms with Crippen molar-refractivity contribution in [1.29, 1.82) is 0 Å². The molecule has 0 atom stereocenters. The number of anilines is 2. The summed E-state index contributed by atoms with van der Waals surface area (Å²) in [5, 5.41) is 14.0. The van der Waals surface area contributed by atoms with Crippen LogP contribution in [0.1, 0.15) is 25.0 Å². The summed E-state index contributed by atoms with van der Waals surface area (Å²) in [5.41, 5.74) is 0.389. The lowest BCUT2D eigenvalue weighted by atomic mass is 9.85. The van der Waals surface area contributed by atoms with Crippen LogP contribution in [0.25, 0.3) is 0 Å². The van der Waals surface area contributed by atoms with Gasteiger partial charge in [0.2, 0.25) is 11.8 Å². The fourth-order valence-corrected chi connectivity index (χ4v) is 2.29. The number of nitrogens with zero attached hydrogens (tertiary/aromatic N) is 4. The van der Waals surface area contributed by atoms with E-state index in [0.29, 0.717) is 23.4 Å². The van der Waals surface area contributed by atoms with Gasteiger partial charge < -0.3 is 10.2 Å². The van der Waals surface area contributed by atoms with Crippen molar-refractivity contribution in [3.8, 4) is 0 Å². The van der Waals surface area contributed by atoms with Gasteiger partial charge in [0, 0.05) is 20.6 Å². The molecule has 0 unspecified atom stereocenters. The molecule has 1 aromatic heterocycles. The predicted molar refractivity (Wildman–Crippen MR) is 73.6 cm³/mol. The quantitative estimate of drug-likeness (QED) is 0.647. The van der Waals surface area contributed by atoms with Gasteiger partial charge >= 0.3 is 5.69 Å². The molecule has 0 aromatic carbocycles. The predicted octanol–water partition coefficient (Wildman–Crippen LogP) is 1.97. The second kappa shape index (κ2) is 5.38. The summed E-state index contributed by atoms with van der Waals surface area (Å²) in [7, 11) is 3.56. The van der Waals surface area contributed by atoms with Gasteiger partial charge in [-0.1, -0.05) is 6.42 Å². The minimum atomic E-state index is -0.401. The Morgan fingerprint density at radius 3 is 2.63 bits per heavy atom. The molecule has 1 aliphatic carbocycles. The number of nitro groups is 1. The normalized spacial score (nSPS) is 14.9. The number of nitrogens with one attached hydrogen (secondary N) is 1. The Morgan fingerprint density at radius 1 is 1.47 bits per heavy atom. The third kappa shape index (κ3) is 2.74. The Morgan fingerprint density at radius 2 is 2.16 bits per heavy atom. The molecule has 1 fully saturated rings. The number of hydrogen-bond acceptors (Lipinski definition) is 6. The van der Waals surface area contributed by atoms with Gasteiger partial charge in [-0.25, -0.2) is 4.98 Å². The number of aryl methyl sites for hydroxylation is 1. The molecule has 7 heteroatoms. The van der Waals surface area contributed by atoms with Crippen molar-refractivity contribution >= 4 is 17.5 Å². The Balaban J connectivity index is 2.34. The minimum Gasteiger partial charge on any atom is -0.357 e. The van der Waals surface area contributed by atoms with E-state index in [1.807, 2.05) is 11.9 Å². The van der Waals surface area contributed by atoms with Crippen molar-refractivity contribution in [2.75, 3.05) is 30.9 Å². The van der Waals surface area contributed by atoms with Gasteiger partial charge in [-0.15, -0.1) is 0 Å². The summed E-state index contributed by atoms with van der Waals surface area (Å²) in [6.45, 7) is 2.45. The van der Waals surface area contributed by atoms with Gasteiger partial charge in [0.1, 0.15) is 5.69 Å². The van der Waals surface area contributed by atoms with Crippen LogP contribution in [0.5, 0.6) is 0 Å². The largest absolute Gasteiger partial charge is 0.357 e. The molecule has 0 aliphatic heterocycles. The third-order valence-electron chi connectivity index (χ3n) is 3.56. The van der Waals surface area contributed by atoms with Gasteiger partial charge in [-0.2, -0.15) is 4.98 Å². The number of rotatable bonds is 5. The monoisotopic (exact) mass is 265 g/mol. The maximum atomic E-state index is 11.2. The van der Waals surface area contributed by atoms with Gasteiger partial charge in [-0.3, -0.25) is 10.1 Å². The molecule has 104 valence electrons. The van der Waals surface area contributed by atoms with Gasteiger partial charge in [0.15, 0.2) is 0 Å². The van der Waals surface area contributed by atoms with E-state index in [9.17, 15) is 10.1 Å². The fraction of sp³-hybridized carbons (Fsp3) is 0.667. The molecule has 19 heavy (non-hydrogen) atoms. The number of hydrogen-bond donors (Lipinski definition) is 1. The van der Waals surface area contributed by atoms with Crippen molar-refractivity contribution in [2.45, 2.75) is 26.2 Å². The van der Waals surface area contributed by atoms with Crippen LogP contribution in [0.15, 0.2) is 0 Å². The van der Waals surface area contributed by atoms with Crippen LogP contribution >= 0.6 is 0 Å². The molecule has 1 N–H and O–H groups in total. The molecule has 0 bridgehead atoms. The van der Waals surface area contributed by atoms with E-state index in [0.717, 1.165) is 6.54 Å². The first kappa shape index (κ1) is 13.5. The summed E-state index contributed by atoms with van der Waals surface area (Å²) in [5.74, 6) is 1.44. The standard InChI is InChI=1S/C12H19N5O2/c1-8-10(17(18)19)11(15-12(13-2)14-8)16(3)7-9-5-4-6-9/h9H,4-7H2,1-3H3,(H,13,14,15). The fourth-order valence-electron chi connectivity index (χ4n) is 2.29. The van der Waals surface area contributed by atoms with Crippen LogP contribution in [0.4, 0.5) is 17.5 Å². The maximum Gasteiger partial charge on any atom is 0.332 e. The highest BCUT2D eigenvalue weighted by Gasteiger charge is 2.27. The van der Waals surface area contributed by atoms with Crippen LogP contribution in [-0.4, -0.2) is 35.5 Å². The average Bonchev–Trinajstić information content (AvgIpc) is 2.31. The van der Waals surface area contributed by atoms with Crippen molar-refractivity contribution < 1.29 is 4.92 Å². The second-order valence-electron chi connectivity index (χ2n) is 4.99. The SMILES string of the molecule is CNc1nc(C)c([N+](=O)[O-])c(N(C)CC2CCC2)n1. The molecule has 1 heterocycles. The molecule has 7 nitrogen and oxygen atoms in total. The first-order valence-electron chi connectivity index (χ1n) is 6.44. The van der Waals surface area contributed by atoms with E-state index < -0.39 is 4.92 Å². The highest BCUT2D eigenvalue weighted by Crippen LogP contribution is 2.32. The zero-order chi connectivity index (χ0) is 14.0. The Bertz CT molecular complexity index is 487. The zero-order valence-corrected chi connectivity index (χ0v) is 11.5. The van der Waals surface area contributed by atoms with E-state index in [2.05, 4.69) is 15.3 Å². The van der Waals surface area contributed by atoms with Crippen LogP contribution in [0.2, 0.25) is 0 Å². The summed E-state index contributed by atoms with van der Waals surface area (Å²) in [4.78, 5) is 21.0. The zero-order valence-electron chi connectivity index (χ0n) is 11.5. The lowest BCUT2D eigenvalue weighted by Crippen LogP contribution is -2.30. The summed E-state index contributed by atoms with van der Waals surface area (Å²) in [6, 6.07) is 0. The highest BCUT2D eigenvalue weighted by molar-refractivity contribution is 5.62. The van der Waals surface area contributed by atoms with Crippen LogP contribution in [0.3, 0.4) is 0 Å². The van der Waals surface area contributed by atoms with Crippen molar-refractivity contribution in [3.63, 3.8) is 0 Å². The summed E-state index contributed by atoms with van der Waals surface area (Å²) >= 11 is 0. The van der Waals surface area contributed by atoms with Crippen LogP contribution < -0.4 is 10.2 Å². The van der Waals surface area contributed by atoms with E-state index in [4.69, 9.17) is 0 Å². The average molecular weight is 265 g/mol. The van der Waals surface area contributed by atoms with Crippen molar-refractivity contribution in [2.24, 2.45) is 5.92 Å². The number of aromatic nitrogens is 2. The molecular weight excluding hydrogens is 246 g/mol. The Hall–Kier alpha value is -1.92. The van der Waals surface area contributed by atoms with E-state index in [1.54, 1.807) is 14.0 Å². The molecule has 0 amide bonds. The van der Waals surface area contributed by atoms with Crippen LogP contribution in [0, 0.1) is 23.0 Å².